The Morgan fingerprint density at radius 2 is 1.79 bits per heavy atom. The van der Waals surface area contributed by atoms with Gasteiger partial charge in [0.25, 0.3) is 6.48 Å². The van der Waals surface area contributed by atoms with E-state index in [1.165, 1.54) is 0 Å². The molecular weight excluding hydrogens is 404 g/mol. The van der Waals surface area contributed by atoms with Gasteiger partial charge in [-0.15, -0.1) is 0 Å². The lowest BCUT2D eigenvalue weighted by Crippen LogP contribution is -2.64. The first-order valence-corrected chi connectivity index (χ1v) is 13.2. The molecule has 1 rings (SSSR count). The molecule has 0 saturated carbocycles. The van der Waals surface area contributed by atoms with Gasteiger partial charge in [0.2, 0.25) is 0 Å². The van der Waals surface area contributed by atoms with E-state index in [1.54, 1.807) is 21.3 Å². The lowest BCUT2D eigenvalue weighted by atomic mass is 10.3. The minimum absolute atomic E-state index is 0.0547. The highest BCUT2D eigenvalue weighted by molar-refractivity contribution is 6.63. The smallest absolute Gasteiger partial charge is 0.477 e. The van der Waals surface area contributed by atoms with Gasteiger partial charge in [0.1, 0.15) is 0 Å². The Morgan fingerprint density at radius 1 is 1.18 bits per heavy atom. The van der Waals surface area contributed by atoms with Crippen molar-refractivity contribution in [2.75, 3.05) is 69.2 Å². The number of hydrogen-bond donors (Lipinski definition) is 1. The zero-order valence-electron chi connectivity index (χ0n) is 18.2. The Morgan fingerprint density at radius 3 is 2.25 bits per heavy atom. The van der Waals surface area contributed by atoms with Crippen LogP contribution in [0.4, 0.5) is 0 Å². The molecule has 0 radical (unpaired) electrons. The van der Waals surface area contributed by atoms with Gasteiger partial charge in [0.15, 0.2) is 6.54 Å². The van der Waals surface area contributed by atoms with Crippen LogP contribution in [0.2, 0.25) is 12.1 Å². The largest absolute Gasteiger partial charge is 0.508 e. The number of likely N-dealkylation sites (N-methyl/N-ethyl adjacent to an activating group) is 1. The van der Waals surface area contributed by atoms with Crippen LogP contribution in [0, 0.1) is 0 Å². The van der Waals surface area contributed by atoms with Gasteiger partial charge < -0.3 is 41.0 Å². The average molecular weight is 442 g/mol. The van der Waals surface area contributed by atoms with Gasteiger partial charge in [-0.1, -0.05) is 0 Å². The van der Waals surface area contributed by atoms with E-state index in [-0.39, 0.29) is 6.54 Å². The summed E-state index contributed by atoms with van der Waals surface area (Å²) in [5, 5.41) is 9.00. The zero-order valence-corrected chi connectivity index (χ0v) is 20.2. The Hall–Kier alpha value is -0.416. The predicted molar refractivity (Wildman–Crippen MR) is 106 cm³/mol. The number of carbonyl (C=O) groups is 1. The second kappa shape index (κ2) is 11.1. The first-order chi connectivity index (χ1) is 13.0. The fourth-order valence-electron chi connectivity index (χ4n) is 3.04. The Bertz CT molecular complexity index is 485. The summed E-state index contributed by atoms with van der Waals surface area (Å²) in [6, 6.07) is 1.25. The number of carboxylic acid groups (broad SMARTS) is 1. The molecule has 1 aliphatic heterocycles. The van der Waals surface area contributed by atoms with Gasteiger partial charge in [0.05, 0.1) is 20.6 Å². The van der Waals surface area contributed by atoms with E-state index in [0.29, 0.717) is 23.5 Å². The van der Waals surface area contributed by atoms with Crippen LogP contribution in [0.25, 0.3) is 0 Å². The predicted octanol–water partition coefficient (Wildman–Crippen LogP) is 0.653. The molecule has 0 bridgehead atoms. The van der Waals surface area contributed by atoms with Crippen LogP contribution < -0.4 is 0 Å². The number of carboxylic acids is 1. The van der Waals surface area contributed by atoms with E-state index in [2.05, 4.69) is 4.90 Å². The van der Waals surface area contributed by atoms with Crippen molar-refractivity contribution in [2.45, 2.75) is 31.4 Å². The van der Waals surface area contributed by atoms with Crippen molar-refractivity contribution in [3.63, 3.8) is 0 Å². The molecule has 0 aromatic carbocycles. The second-order valence-electron chi connectivity index (χ2n) is 7.84. The molecular formula is C16H37N2O8Si2+. The SMILES string of the molecule is CO[Si](CCC[N+](C)(C)CC(=O)O)(OC)OC1O[Si](CCCN(C)C)(OC)O1. The second-order valence-corrected chi connectivity index (χ2v) is 13.5. The quantitative estimate of drug-likeness (QED) is 0.290. The topological polar surface area (TPSA) is 95.9 Å². The third-order valence-electron chi connectivity index (χ3n) is 4.66. The molecule has 0 amide bonds. The molecule has 28 heavy (non-hydrogen) atoms. The molecule has 1 aliphatic rings. The van der Waals surface area contributed by atoms with Crippen molar-refractivity contribution in [2.24, 2.45) is 0 Å². The van der Waals surface area contributed by atoms with Gasteiger partial charge in [-0.2, -0.15) is 0 Å². The number of rotatable bonds is 15. The molecule has 1 N–H and O–H groups in total. The maximum absolute atomic E-state index is 11.0. The van der Waals surface area contributed by atoms with E-state index in [0.717, 1.165) is 19.0 Å². The van der Waals surface area contributed by atoms with Crippen molar-refractivity contribution in [1.29, 1.82) is 0 Å². The van der Waals surface area contributed by atoms with Crippen molar-refractivity contribution >= 4 is 23.6 Å². The third kappa shape index (κ3) is 8.14. The molecule has 10 nitrogen and oxygen atoms in total. The first-order valence-electron chi connectivity index (χ1n) is 9.38. The highest BCUT2D eigenvalue weighted by Crippen LogP contribution is 2.34. The van der Waals surface area contributed by atoms with Crippen LogP contribution in [0.5, 0.6) is 0 Å². The molecule has 0 atom stereocenters. The molecule has 1 fully saturated rings. The summed E-state index contributed by atoms with van der Waals surface area (Å²) in [7, 11) is 6.82. The molecule has 0 unspecified atom stereocenters. The standard InChI is InChI=1S/C16H36N2O8Si2/c1-17(2)10-8-12-28(23-7)25-16(26-28)24-27(21-5,22-6)13-9-11-18(3,4)14-15(19)20/h16H,8-14H2,1-7H3/p+1. The minimum atomic E-state index is -2.99. The van der Waals surface area contributed by atoms with Crippen LogP contribution in [0.3, 0.4) is 0 Å². The van der Waals surface area contributed by atoms with Crippen LogP contribution in [-0.2, 0) is 31.4 Å². The lowest BCUT2D eigenvalue weighted by molar-refractivity contribution is -0.883. The first kappa shape index (κ1) is 25.6. The van der Waals surface area contributed by atoms with Gasteiger partial charge in [-0.05, 0) is 27.1 Å². The van der Waals surface area contributed by atoms with E-state index in [9.17, 15) is 4.79 Å². The third-order valence-corrected chi connectivity index (χ3v) is 10.1. The molecule has 0 aliphatic carbocycles. The van der Waals surface area contributed by atoms with Crippen LogP contribution in [-0.4, -0.2) is 114 Å². The molecule has 0 spiro atoms. The number of nitrogens with zero attached hydrogens (tertiary/aromatic N) is 2. The average Bonchev–Trinajstić information content (AvgIpc) is 2.56. The van der Waals surface area contributed by atoms with Gasteiger partial charge in [-0.3, -0.25) is 0 Å². The molecule has 12 heteroatoms. The van der Waals surface area contributed by atoms with E-state index in [1.807, 2.05) is 28.2 Å². The van der Waals surface area contributed by atoms with Crippen molar-refractivity contribution in [3.05, 3.63) is 0 Å². The number of aliphatic carboxylic acids is 1. The van der Waals surface area contributed by atoms with Gasteiger partial charge >= 0.3 is 23.6 Å². The summed E-state index contributed by atoms with van der Waals surface area (Å²) in [6.45, 7) is 0.790. The summed E-state index contributed by atoms with van der Waals surface area (Å²) >= 11 is 0. The summed E-state index contributed by atoms with van der Waals surface area (Å²) in [6.07, 6.45) is 1.60. The monoisotopic (exact) mass is 441 g/mol. The van der Waals surface area contributed by atoms with Crippen LogP contribution in [0.15, 0.2) is 0 Å². The fourth-order valence-corrected chi connectivity index (χ4v) is 7.02. The van der Waals surface area contributed by atoms with E-state index in [4.69, 9.17) is 31.7 Å². The van der Waals surface area contributed by atoms with Gasteiger partial charge in [0, 0.05) is 39.8 Å². The molecule has 166 valence electrons. The maximum Gasteiger partial charge on any atom is 0.508 e. The van der Waals surface area contributed by atoms with E-state index >= 15 is 0 Å². The highest BCUT2D eigenvalue weighted by atomic mass is 28.4. The molecule has 1 heterocycles. The minimum Gasteiger partial charge on any atom is -0.477 e. The molecule has 1 saturated heterocycles. The Balaban J connectivity index is 2.52. The highest BCUT2D eigenvalue weighted by Gasteiger charge is 2.57. The van der Waals surface area contributed by atoms with E-state index < -0.39 is 30.1 Å². The normalized spacial score (nSPS) is 23.1. The number of quaternary nitrogens is 1. The Kier molecular flexibility index (Phi) is 10.2. The van der Waals surface area contributed by atoms with Crippen LogP contribution in [0.1, 0.15) is 12.8 Å². The van der Waals surface area contributed by atoms with Gasteiger partial charge in [-0.25, -0.2) is 4.79 Å². The fraction of sp³-hybridized carbons (Fsp3) is 0.938. The number of hydrogen-bond acceptors (Lipinski definition) is 8. The van der Waals surface area contributed by atoms with Crippen molar-refractivity contribution in [1.82, 2.24) is 4.90 Å². The summed E-state index contributed by atoms with van der Waals surface area (Å²) in [5.74, 6) is -0.824. The molecule has 0 aromatic rings. The summed E-state index contributed by atoms with van der Waals surface area (Å²) < 4.78 is 34.7. The lowest BCUT2D eigenvalue weighted by Gasteiger charge is -2.45. The Labute approximate surface area is 170 Å². The molecule has 0 aromatic heterocycles. The zero-order chi connectivity index (χ0) is 21.4. The summed E-state index contributed by atoms with van der Waals surface area (Å²) in [4.78, 5) is 13.1. The van der Waals surface area contributed by atoms with Crippen molar-refractivity contribution in [3.8, 4) is 0 Å². The van der Waals surface area contributed by atoms with Crippen LogP contribution >= 0.6 is 0 Å². The summed E-state index contributed by atoms with van der Waals surface area (Å²) in [5.41, 5.74) is 0. The maximum atomic E-state index is 11.0. The van der Waals surface area contributed by atoms with Crippen molar-refractivity contribution < 1.29 is 40.9 Å².